The van der Waals surface area contributed by atoms with Crippen LogP contribution in [0.3, 0.4) is 0 Å². The minimum absolute atomic E-state index is 0.340. The van der Waals surface area contributed by atoms with Crippen LogP contribution in [0.1, 0.15) is 34.1 Å². The Morgan fingerprint density at radius 2 is 1.67 bits per heavy atom. The third-order valence-electron chi connectivity index (χ3n) is 1.33. The van der Waals surface area contributed by atoms with Crippen molar-refractivity contribution in [2.24, 2.45) is 5.92 Å². The standard InChI is InChI=1S/C9H16O.2W/c1-8(2)6-5-7-10-9(3)4;;/h8-9H,5H2,1-4H3;;. The molecule has 0 heterocycles. The molecule has 0 aliphatic heterocycles. The van der Waals surface area contributed by atoms with Gasteiger partial charge in [-0.2, -0.15) is 0 Å². The molecule has 1 nitrogen and oxygen atoms in total. The van der Waals surface area contributed by atoms with Gasteiger partial charge in [0.2, 0.25) is 0 Å². The Kier molecular flexibility index (Phi) is 7.10. The van der Waals surface area contributed by atoms with Gasteiger partial charge in [0.15, 0.2) is 0 Å². The van der Waals surface area contributed by atoms with Crippen molar-refractivity contribution in [3.63, 3.8) is 0 Å². The Morgan fingerprint density at radius 3 is 2.00 bits per heavy atom. The van der Waals surface area contributed by atoms with E-state index in [1.165, 1.54) is 23.4 Å². The summed E-state index contributed by atoms with van der Waals surface area (Å²) in [5.74, 6) is 0.713. The van der Waals surface area contributed by atoms with Crippen LogP contribution in [0.5, 0.6) is 0 Å². The summed E-state index contributed by atoms with van der Waals surface area (Å²) in [7, 11) is 0. The first kappa shape index (κ1) is 13.1. The van der Waals surface area contributed by atoms with Gasteiger partial charge in [-0.05, 0) is 0 Å². The Bertz CT molecular complexity index is 173. The molecule has 0 amide bonds. The summed E-state index contributed by atoms with van der Waals surface area (Å²) in [6.07, 6.45) is 1.42. The maximum atomic E-state index is 5.62. The Morgan fingerprint density at radius 1 is 1.17 bits per heavy atom. The molecule has 0 saturated carbocycles. The van der Waals surface area contributed by atoms with E-state index in [4.69, 9.17) is 4.74 Å². The van der Waals surface area contributed by atoms with Crippen LogP contribution in [-0.4, -0.2) is 14.1 Å². The van der Waals surface area contributed by atoms with E-state index in [-0.39, 0.29) is 0 Å². The maximum absolute atomic E-state index is 5.62. The van der Waals surface area contributed by atoms with E-state index < -0.39 is 0 Å². The van der Waals surface area contributed by atoms with Gasteiger partial charge in [0.1, 0.15) is 0 Å². The number of rotatable bonds is 5. The second-order valence-corrected chi connectivity index (χ2v) is 6.86. The fourth-order valence-electron chi connectivity index (χ4n) is 0.651. The molecule has 0 aliphatic carbocycles. The second-order valence-electron chi connectivity index (χ2n) is 3.34. The van der Waals surface area contributed by atoms with E-state index in [2.05, 4.69) is 27.7 Å². The van der Waals surface area contributed by atoms with Crippen LogP contribution in [-0.2, 0) is 43.4 Å². The summed E-state index contributed by atoms with van der Waals surface area (Å²) < 4.78 is 8.45. The molecule has 0 spiro atoms. The molecule has 0 bridgehead atoms. The molecule has 0 aromatic rings. The molecule has 0 unspecified atom stereocenters. The molecule has 0 saturated heterocycles. The van der Waals surface area contributed by atoms with Crippen molar-refractivity contribution in [1.29, 1.82) is 0 Å². The van der Waals surface area contributed by atoms with Gasteiger partial charge in [0, 0.05) is 0 Å². The van der Waals surface area contributed by atoms with Crippen LogP contribution >= 0.6 is 0 Å². The number of hydrogen-bond acceptors (Lipinski definition) is 1. The van der Waals surface area contributed by atoms with E-state index in [0.717, 1.165) is 6.42 Å². The average molecular weight is 508 g/mol. The SMILES string of the molecule is CC(C)O[C](=[W])C[C](=[W])C(C)C. The second kappa shape index (κ2) is 6.52. The first-order chi connectivity index (χ1) is 5.43. The van der Waals surface area contributed by atoms with Gasteiger partial charge in [-0.3, -0.25) is 0 Å². The summed E-state index contributed by atoms with van der Waals surface area (Å²) in [5, 5.41) is 0. The first-order valence-corrected chi connectivity index (χ1v) is 7.09. The van der Waals surface area contributed by atoms with Crippen LogP contribution in [0, 0.1) is 5.92 Å². The molecule has 0 fully saturated rings. The van der Waals surface area contributed by atoms with Crippen molar-refractivity contribution in [3.05, 3.63) is 0 Å². The van der Waals surface area contributed by atoms with Crippen molar-refractivity contribution in [3.8, 4) is 0 Å². The summed E-state index contributed by atoms with van der Waals surface area (Å²) in [4.78, 5) is 0. The van der Waals surface area contributed by atoms with Gasteiger partial charge in [-0.1, -0.05) is 0 Å². The van der Waals surface area contributed by atoms with E-state index in [1.54, 1.807) is 23.3 Å². The van der Waals surface area contributed by atoms with Crippen molar-refractivity contribution in [2.45, 2.75) is 40.2 Å². The van der Waals surface area contributed by atoms with Crippen molar-refractivity contribution < 1.29 is 43.4 Å². The summed E-state index contributed by atoms with van der Waals surface area (Å²) in [6.45, 7) is 8.67. The van der Waals surface area contributed by atoms with Gasteiger partial charge in [-0.15, -0.1) is 0 Å². The molecule has 70 valence electrons. The first-order valence-electron chi connectivity index (χ1n) is 4.15. The topological polar surface area (TPSA) is 9.23 Å². The molecule has 0 aromatic heterocycles. The van der Waals surface area contributed by atoms with Gasteiger partial charge < -0.3 is 0 Å². The molecule has 3 heteroatoms. The molecule has 0 aromatic carbocycles. The normalized spacial score (nSPS) is 10.8. The van der Waals surface area contributed by atoms with Gasteiger partial charge >= 0.3 is 97.6 Å². The molecule has 12 heavy (non-hydrogen) atoms. The third-order valence-corrected chi connectivity index (χ3v) is 4.41. The van der Waals surface area contributed by atoms with Gasteiger partial charge in [0.25, 0.3) is 0 Å². The van der Waals surface area contributed by atoms with Crippen molar-refractivity contribution >= 4 is 7.98 Å². The summed E-state index contributed by atoms with van der Waals surface area (Å²) in [6, 6.07) is 0. The van der Waals surface area contributed by atoms with E-state index in [9.17, 15) is 0 Å². The monoisotopic (exact) mass is 508 g/mol. The quantitative estimate of drug-likeness (QED) is 0.552. The van der Waals surface area contributed by atoms with E-state index in [0.29, 0.717) is 12.0 Å². The van der Waals surface area contributed by atoms with E-state index >= 15 is 0 Å². The van der Waals surface area contributed by atoms with Crippen molar-refractivity contribution in [1.82, 2.24) is 0 Å². The van der Waals surface area contributed by atoms with Crippen LogP contribution < -0.4 is 0 Å². The zero-order valence-corrected chi connectivity index (χ0v) is 14.0. The van der Waals surface area contributed by atoms with Crippen LogP contribution in [0.25, 0.3) is 0 Å². The van der Waals surface area contributed by atoms with Gasteiger partial charge in [-0.25, -0.2) is 0 Å². The molecular weight excluding hydrogens is 492 g/mol. The Balaban J connectivity index is 3.77. The molecule has 0 aliphatic rings. The Labute approximate surface area is 97.1 Å². The number of hydrogen-bond donors (Lipinski definition) is 0. The van der Waals surface area contributed by atoms with Crippen LogP contribution in [0.15, 0.2) is 0 Å². The molecule has 0 radical (unpaired) electrons. The van der Waals surface area contributed by atoms with E-state index in [1.807, 2.05) is 0 Å². The van der Waals surface area contributed by atoms with Crippen molar-refractivity contribution in [2.75, 3.05) is 0 Å². The molecule has 0 N–H and O–H groups in total. The van der Waals surface area contributed by atoms with Gasteiger partial charge in [0.05, 0.1) is 0 Å². The fourth-order valence-corrected chi connectivity index (χ4v) is 3.80. The molecule has 0 atom stereocenters. The molecule has 0 rings (SSSR count). The summed E-state index contributed by atoms with van der Waals surface area (Å²) >= 11 is 3.07. The fraction of sp³-hybridized carbons (Fsp3) is 0.778. The predicted molar refractivity (Wildman–Crippen MR) is 45.7 cm³/mol. The number of ether oxygens (including phenoxy) is 1. The zero-order valence-electron chi connectivity index (χ0n) is 8.09. The third kappa shape index (κ3) is 6.58. The predicted octanol–water partition coefficient (Wildman–Crippen LogP) is 1.85. The Hall–Kier alpha value is 1.08. The van der Waals surface area contributed by atoms with Crippen LogP contribution in [0.4, 0.5) is 0 Å². The van der Waals surface area contributed by atoms with Crippen LogP contribution in [0.2, 0.25) is 0 Å². The molecular formula is C9H16OW2. The average Bonchev–Trinajstić information content (AvgIpc) is 1.84. The summed E-state index contributed by atoms with van der Waals surface area (Å²) in [5.41, 5.74) is 0. The minimum atomic E-state index is 0.340. The zero-order chi connectivity index (χ0) is 9.72.